The Kier molecular flexibility index (Phi) is 70.9. The summed E-state index contributed by atoms with van der Waals surface area (Å²) >= 11 is 0. The molecule has 0 fully saturated rings. The zero-order valence-electron chi connectivity index (χ0n) is 66.4. The first-order chi connectivity index (χ1) is 48.8. The van der Waals surface area contributed by atoms with Crippen LogP contribution in [0.5, 0.6) is 0 Å². The number of phosphoric ester groups is 2. The second-order valence-corrected chi connectivity index (χ2v) is 33.6. The maximum Gasteiger partial charge on any atom is 0.472 e. The van der Waals surface area contributed by atoms with Gasteiger partial charge in [-0.2, -0.15) is 0 Å². The van der Waals surface area contributed by atoms with Gasteiger partial charge in [-0.25, -0.2) is 9.13 Å². The molecule has 600 valence electrons. The van der Waals surface area contributed by atoms with Gasteiger partial charge in [0.1, 0.15) is 19.3 Å². The van der Waals surface area contributed by atoms with Crippen LogP contribution in [0.1, 0.15) is 427 Å². The van der Waals surface area contributed by atoms with E-state index in [-0.39, 0.29) is 25.7 Å². The number of carbonyl (C=O) groups is 4. The summed E-state index contributed by atoms with van der Waals surface area (Å²) in [7, 11) is -9.92. The van der Waals surface area contributed by atoms with E-state index in [0.29, 0.717) is 25.7 Å². The van der Waals surface area contributed by atoms with E-state index in [4.69, 9.17) is 37.0 Å². The van der Waals surface area contributed by atoms with Crippen molar-refractivity contribution in [3.63, 3.8) is 0 Å². The molecule has 0 aromatic heterocycles. The number of aliphatic hydroxyl groups is 1. The van der Waals surface area contributed by atoms with Crippen molar-refractivity contribution in [2.45, 2.75) is 446 Å². The molecule has 0 aromatic rings. The summed E-state index contributed by atoms with van der Waals surface area (Å²) in [6.45, 7) is 12.0. The average molecular weight is 1480 g/mol. The Labute approximate surface area is 619 Å². The molecule has 3 unspecified atom stereocenters. The number of aliphatic hydroxyl groups excluding tert-OH is 1. The van der Waals surface area contributed by atoms with Crippen LogP contribution in [0, 0.1) is 17.8 Å². The molecule has 0 saturated heterocycles. The number of rotatable bonds is 80. The summed E-state index contributed by atoms with van der Waals surface area (Å²) in [6.07, 6.45) is 61.1. The summed E-state index contributed by atoms with van der Waals surface area (Å²) in [4.78, 5) is 73.0. The maximum absolute atomic E-state index is 13.1. The summed E-state index contributed by atoms with van der Waals surface area (Å²) in [5.74, 6) is 0.239. The topological polar surface area (TPSA) is 237 Å². The predicted octanol–water partition coefficient (Wildman–Crippen LogP) is 24.5. The van der Waals surface area contributed by atoms with Crippen molar-refractivity contribution < 1.29 is 80.2 Å². The molecule has 0 saturated carbocycles. The maximum atomic E-state index is 13.1. The average Bonchev–Trinajstić information content (AvgIpc) is 0.914. The Morgan fingerprint density at radius 3 is 0.752 bits per heavy atom. The van der Waals surface area contributed by atoms with Crippen molar-refractivity contribution in [2.75, 3.05) is 39.6 Å². The first kappa shape index (κ1) is 99.1. The zero-order chi connectivity index (χ0) is 74.4. The highest BCUT2D eigenvalue weighted by atomic mass is 31.2. The second-order valence-electron chi connectivity index (χ2n) is 30.7. The minimum Gasteiger partial charge on any atom is -0.462 e. The normalized spacial score (nSPS) is 14.2. The van der Waals surface area contributed by atoms with Crippen LogP contribution in [0.3, 0.4) is 0 Å². The number of carbonyl (C=O) groups excluding carboxylic acids is 4. The fourth-order valence-corrected chi connectivity index (χ4v) is 14.2. The third-order valence-corrected chi connectivity index (χ3v) is 21.4. The van der Waals surface area contributed by atoms with Crippen molar-refractivity contribution in [1.29, 1.82) is 0 Å². The Hall–Kier alpha value is -1.94. The zero-order valence-corrected chi connectivity index (χ0v) is 68.2. The number of ether oxygens (including phenoxy) is 4. The summed E-state index contributed by atoms with van der Waals surface area (Å²) in [6, 6.07) is 0. The Morgan fingerprint density at radius 2 is 0.505 bits per heavy atom. The van der Waals surface area contributed by atoms with Crippen LogP contribution in [0.25, 0.3) is 0 Å². The van der Waals surface area contributed by atoms with Crippen molar-refractivity contribution in [1.82, 2.24) is 0 Å². The molecule has 0 aliphatic rings. The monoisotopic (exact) mass is 1480 g/mol. The van der Waals surface area contributed by atoms with Gasteiger partial charge in [-0.1, -0.05) is 376 Å². The fourth-order valence-electron chi connectivity index (χ4n) is 12.6. The lowest BCUT2D eigenvalue weighted by Crippen LogP contribution is -2.30. The van der Waals surface area contributed by atoms with E-state index in [1.807, 2.05) is 0 Å². The SMILES string of the molecule is CCCCCCCCCCCCCCCCCC(=O)OC[C@H](COP(=O)(O)OC[C@@H](O)COP(=O)(O)OC[C@@H](COC(=O)CCCCCCCCCCC(C)C)OC(=O)CCCCCCCCCCCCC(C)C)OC(=O)CCCCCCCCCCCCCCCCCCCCC(C)CC. The van der Waals surface area contributed by atoms with Crippen LogP contribution in [0.15, 0.2) is 0 Å². The van der Waals surface area contributed by atoms with Crippen LogP contribution in [-0.2, 0) is 65.4 Å². The van der Waals surface area contributed by atoms with Crippen LogP contribution in [0.2, 0.25) is 0 Å². The number of hydrogen-bond acceptors (Lipinski definition) is 15. The van der Waals surface area contributed by atoms with Gasteiger partial charge in [0.05, 0.1) is 26.4 Å². The molecule has 101 heavy (non-hydrogen) atoms. The molecule has 0 rings (SSSR count). The molecule has 0 spiro atoms. The summed E-state index contributed by atoms with van der Waals surface area (Å²) in [5.41, 5.74) is 0. The first-order valence-corrected chi connectivity index (χ1v) is 45.4. The van der Waals surface area contributed by atoms with Gasteiger partial charge in [-0.05, 0) is 43.4 Å². The molecule has 0 radical (unpaired) electrons. The molecule has 0 amide bonds. The Balaban J connectivity index is 5.22. The number of unbranched alkanes of at least 4 members (excludes halogenated alkanes) is 47. The quantitative estimate of drug-likeness (QED) is 0.0222. The number of hydrogen-bond donors (Lipinski definition) is 3. The molecule has 0 aliphatic carbocycles. The van der Waals surface area contributed by atoms with E-state index >= 15 is 0 Å². The molecule has 0 heterocycles. The minimum absolute atomic E-state index is 0.105. The van der Waals surface area contributed by atoms with Gasteiger partial charge < -0.3 is 33.8 Å². The smallest absolute Gasteiger partial charge is 0.462 e. The van der Waals surface area contributed by atoms with Gasteiger partial charge in [-0.3, -0.25) is 37.3 Å². The highest BCUT2D eigenvalue weighted by molar-refractivity contribution is 7.47. The lowest BCUT2D eigenvalue weighted by molar-refractivity contribution is -0.161. The van der Waals surface area contributed by atoms with Crippen molar-refractivity contribution >= 4 is 39.5 Å². The van der Waals surface area contributed by atoms with Crippen LogP contribution in [-0.4, -0.2) is 96.7 Å². The molecule has 19 heteroatoms. The largest absolute Gasteiger partial charge is 0.472 e. The van der Waals surface area contributed by atoms with E-state index in [9.17, 15) is 43.2 Å². The molecule has 6 atom stereocenters. The van der Waals surface area contributed by atoms with Gasteiger partial charge in [0.2, 0.25) is 0 Å². The van der Waals surface area contributed by atoms with Crippen LogP contribution in [0.4, 0.5) is 0 Å². The lowest BCUT2D eigenvalue weighted by Gasteiger charge is -2.21. The van der Waals surface area contributed by atoms with Crippen molar-refractivity contribution in [3.8, 4) is 0 Å². The second kappa shape index (κ2) is 72.3. The number of phosphoric acid groups is 2. The van der Waals surface area contributed by atoms with E-state index in [2.05, 4.69) is 48.5 Å². The van der Waals surface area contributed by atoms with E-state index in [1.165, 1.54) is 238 Å². The molecule has 0 bridgehead atoms. The van der Waals surface area contributed by atoms with Gasteiger partial charge in [-0.15, -0.1) is 0 Å². The molecule has 0 aromatic carbocycles. The fraction of sp³-hybridized carbons (Fsp3) is 0.951. The van der Waals surface area contributed by atoms with E-state index in [0.717, 1.165) is 108 Å². The number of esters is 4. The van der Waals surface area contributed by atoms with Crippen LogP contribution < -0.4 is 0 Å². The lowest BCUT2D eigenvalue weighted by atomic mass is 9.99. The molecular weight excluding hydrogens is 1320 g/mol. The predicted molar refractivity (Wildman–Crippen MR) is 414 cm³/mol. The van der Waals surface area contributed by atoms with Gasteiger partial charge in [0.15, 0.2) is 12.2 Å². The third-order valence-electron chi connectivity index (χ3n) is 19.5. The summed E-state index contributed by atoms with van der Waals surface area (Å²) < 4.78 is 68.7. The minimum atomic E-state index is -4.96. The highest BCUT2D eigenvalue weighted by Crippen LogP contribution is 2.45. The van der Waals surface area contributed by atoms with E-state index < -0.39 is 97.5 Å². The standard InChI is InChI=1S/C82H160O17P2/c1-8-10-11-12-13-14-15-16-21-25-28-34-42-49-56-63-79(84)92-69-77(98-81(86)65-58-51-44-35-29-26-23-20-18-17-19-22-24-27-33-41-48-55-62-75(7)9-2)71-96-100(88,89)94-67-76(83)68-95-101(90,91)97-72-78(70-93-80(85)64-57-50-43-38-37-40-47-54-61-74(5)6)99-82(87)66-59-52-45-36-31-30-32-39-46-53-60-73(3)4/h73-78,83H,8-72H2,1-7H3,(H,88,89)(H,90,91)/t75?,76-,77-,78-/m1/s1. The van der Waals surface area contributed by atoms with E-state index in [1.54, 1.807) is 0 Å². The molecule has 0 aliphatic heterocycles. The van der Waals surface area contributed by atoms with Crippen molar-refractivity contribution in [2.24, 2.45) is 17.8 Å². The molecule has 17 nitrogen and oxygen atoms in total. The summed E-state index contributed by atoms with van der Waals surface area (Å²) in [5, 5.41) is 10.6. The Morgan fingerprint density at radius 1 is 0.287 bits per heavy atom. The van der Waals surface area contributed by atoms with Gasteiger partial charge >= 0.3 is 39.5 Å². The molecular formula is C82H160O17P2. The highest BCUT2D eigenvalue weighted by Gasteiger charge is 2.30. The van der Waals surface area contributed by atoms with Gasteiger partial charge in [0, 0.05) is 25.7 Å². The Bertz CT molecular complexity index is 1960. The van der Waals surface area contributed by atoms with Gasteiger partial charge in [0.25, 0.3) is 0 Å². The first-order valence-electron chi connectivity index (χ1n) is 42.4. The third kappa shape index (κ3) is 74.7. The van der Waals surface area contributed by atoms with Crippen molar-refractivity contribution in [3.05, 3.63) is 0 Å². The van der Waals surface area contributed by atoms with Crippen LogP contribution >= 0.6 is 15.6 Å². The molecule has 3 N–H and O–H groups in total.